The van der Waals surface area contributed by atoms with Gasteiger partial charge in [-0.05, 0) is 37.5 Å². The van der Waals surface area contributed by atoms with Crippen LogP contribution in [0.5, 0.6) is 0 Å². The topological polar surface area (TPSA) is 26.0 Å². The molecule has 0 heterocycles. The molecule has 1 aromatic rings. The van der Waals surface area contributed by atoms with Gasteiger partial charge in [0.1, 0.15) is 6.04 Å². The second-order valence-electron chi connectivity index (χ2n) is 4.41. The number of benzene rings is 1. The highest BCUT2D eigenvalue weighted by Crippen LogP contribution is 2.44. The van der Waals surface area contributed by atoms with Gasteiger partial charge in [0.25, 0.3) is 0 Å². The van der Waals surface area contributed by atoms with Crippen molar-refractivity contribution in [2.45, 2.75) is 38.9 Å². The smallest absolute Gasteiger partial charge is 0.319 e. The van der Waals surface area contributed by atoms with Gasteiger partial charge in [0, 0.05) is 0 Å². The molecule has 1 unspecified atom stereocenters. The molecule has 0 aliphatic heterocycles. The van der Waals surface area contributed by atoms with Gasteiger partial charge in [-0.25, -0.2) is 0 Å². The number of nitrogens with two attached hydrogens (primary N) is 1. The SMILES string of the molecule is Cc1cc(C)c(C(N)C(F)(F)C(F)(F)F)c(C)c1. The van der Waals surface area contributed by atoms with Crippen LogP contribution in [0.15, 0.2) is 12.1 Å². The summed E-state index contributed by atoms with van der Waals surface area (Å²) >= 11 is 0. The molecule has 0 aromatic heterocycles. The molecule has 1 nitrogen and oxygen atoms in total. The Kier molecular flexibility index (Phi) is 3.72. The maximum Gasteiger partial charge on any atom is 0.455 e. The van der Waals surface area contributed by atoms with Crippen LogP contribution in [0.2, 0.25) is 0 Å². The average molecular weight is 267 g/mol. The molecule has 102 valence electrons. The largest absolute Gasteiger partial charge is 0.455 e. The summed E-state index contributed by atoms with van der Waals surface area (Å²) in [5.41, 5.74) is 6.45. The summed E-state index contributed by atoms with van der Waals surface area (Å²) in [6, 6.07) is 0.682. The van der Waals surface area contributed by atoms with E-state index in [1.54, 1.807) is 6.92 Å². The van der Waals surface area contributed by atoms with Crippen LogP contribution in [0.1, 0.15) is 28.3 Å². The Morgan fingerprint density at radius 2 is 1.33 bits per heavy atom. The molecule has 0 saturated heterocycles. The molecule has 0 fully saturated rings. The van der Waals surface area contributed by atoms with E-state index in [4.69, 9.17) is 5.73 Å². The second kappa shape index (κ2) is 4.50. The van der Waals surface area contributed by atoms with Crippen molar-refractivity contribution in [2.24, 2.45) is 5.73 Å². The maximum atomic E-state index is 13.2. The highest BCUT2D eigenvalue weighted by atomic mass is 19.4. The molecule has 0 radical (unpaired) electrons. The normalized spacial score (nSPS) is 14.7. The van der Waals surface area contributed by atoms with E-state index in [1.165, 1.54) is 26.0 Å². The van der Waals surface area contributed by atoms with Gasteiger partial charge in [-0.2, -0.15) is 22.0 Å². The number of hydrogen-bond acceptors (Lipinski definition) is 1. The second-order valence-corrected chi connectivity index (χ2v) is 4.41. The third-order valence-electron chi connectivity index (χ3n) is 2.82. The standard InChI is InChI=1S/C12H14F5N/c1-6-4-7(2)9(8(3)5-6)10(18)11(13,14)12(15,16)17/h4-5,10H,18H2,1-3H3. The summed E-state index contributed by atoms with van der Waals surface area (Å²) < 4.78 is 63.3. The van der Waals surface area contributed by atoms with Gasteiger partial charge >= 0.3 is 12.1 Å². The third kappa shape index (κ3) is 2.48. The molecule has 0 spiro atoms. The molecule has 1 aromatic carbocycles. The van der Waals surface area contributed by atoms with Gasteiger partial charge < -0.3 is 5.73 Å². The number of alkyl halides is 5. The summed E-state index contributed by atoms with van der Waals surface area (Å²) in [6.45, 7) is 4.68. The van der Waals surface area contributed by atoms with Crippen LogP contribution in [-0.4, -0.2) is 12.1 Å². The fraction of sp³-hybridized carbons (Fsp3) is 0.500. The Balaban J connectivity index is 3.32. The zero-order valence-electron chi connectivity index (χ0n) is 10.2. The third-order valence-corrected chi connectivity index (χ3v) is 2.82. The molecule has 0 bridgehead atoms. The average Bonchev–Trinajstić information content (AvgIpc) is 2.13. The van der Waals surface area contributed by atoms with Crippen molar-refractivity contribution in [2.75, 3.05) is 0 Å². The molecule has 0 amide bonds. The molecule has 1 rings (SSSR count). The van der Waals surface area contributed by atoms with Crippen molar-refractivity contribution >= 4 is 0 Å². The van der Waals surface area contributed by atoms with Gasteiger partial charge in [0.05, 0.1) is 0 Å². The Morgan fingerprint density at radius 1 is 0.944 bits per heavy atom. The van der Waals surface area contributed by atoms with E-state index in [-0.39, 0.29) is 5.56 Å². The highest BCUT2D eigenvalue weighted by molar-refractivity contribution is 5.40. The Bertz CT molecular complexity index is 427. The van der Waals surface area contributed by atoms with Gasteiger partial charge in [0.2, 0.25) is 0 Å². The summed E-state index contributed by atoms with van der Waals surface area (Å²) in [6.07, 6.45) is -5.66. The predicted octanol–water partition coefficient (Wildman–Crippen LogP) is 3.81. The quantitative estimate of drug-likeness (QED) is 0.810. The lowest BCUT2D eigenvalue weighted by atomic mass is 9.91. The van der Waals surface area contributed by atoms with Gasteiger partial charge in [-0.3, -0.25) is 0 Å². The van der Waals surface area contributed by atoms with Crippen LogP contribution < -0.4 is 5.73 Å². The van der Waals surface area contributed by atoms with E-state index < -0.39 is 18.1 Å². The van der Waals surface area contributed by atoms with Crippen LogP contribution in [0, 0.1) is 20.8 Å². The minimum absolute atomic E-state index is 0.150. The van der Waals surface area contributed by atoms with Crippen LogP contribution in [0.3, 0.4) is 0 Å². The Labute approximate surface area is 102 Å². The number of aryl methyl sites for hydroxylation is 3. The minimum Gasteiger partial charge on any atom is -0.319 e. The van der Waals surface area contributed by atoms with Crippen LogP contribution in [-0.2, 0) is 0 Å². The maximum absolute atomic E-state index is 13.2. The molecule has 0 aliphatic rings. The number of halogens is 5. The van der Waals surface area contributed by atoms with Crippen molar-refractivity contribution in [3.8, 4) is 0 Å². The first-order valence-corrected chi connectivity index (χ1v) is 5.26. The lowest BCUT2D eigenvalue weighted by Crippen LogP contribution is -2.46. The van der Waals surface area contributed by atoms with E-state index >= 15 is 0 Å². The molecule has 0 aliphatic carbocycles. The first-order chi connectivity index (χ1) is 7.98. The molecule has 1 atom stereocenters. The lowest BCUT2D eigenvalue weighted by Gasteiger charge is -2.28. The zero-order valence-corrected chi connectivity index (χ0v) is 10.2. The van der Waals surface area contributed by atoms with Gasteiger partial charge in [0.15, 0.2) is 0 Å². The summed E-state index contributed by atoms with van der Waals surface area (Å²) in [5.74, 6) is -4.95. The van der Waals surface area contributed by atoms with Crippen molar-refractivity contribution in [1.82, 2.24) is 0 Å². The van der Waals surface area contributed by atoms with Crippen LogP contribution in [0.25, 0.3) is 0 Å². The van der Waals surface area contributed by atoms with E-state index in [0.29, 0.717) is 11.1 Å². The molecule has 6 heteroatoms. The highest BCUT2D eigenvalue weighted by Gasteiger charge is 2.62. The van der Waals surface area contributed by atoms with Crippen LogP contribution in [0.4, 0.5) is 22.0 Å². The number of hydrogen-bond donors (Lipinski definition) is 1. The van der Waals surface area contributed by atoms with E-state index in [0.717, 1.165) is 5.56 Å². The fourth-order valence-electron chi connectivity index (χ4n) is 2.04. The number of rotatable bonds is 2. The first kappa shape index (κ1) is 14.9. The summed E-state index contributed by atoms with van der Waals surface area (Å²) in [4.78, 5) is 0. The molecule has 2 N–H and O–H groups in total. The predicted molar refractivity (Wildman–Crippen MR) is 58.6 cm³/mol. The molecular formula is C12H14F5N. The fourth-order valence-corrected chi connectivity index (χ4v) is 2.04. The molecular weight excluding hydrogens is 253 g/mol. The Morgan fingerprint density at radius 3 is 1.67 bits per heavy atom. The van der Waals surface area contributed by atoms with Crippen molar-refractivity contribution in [3.05, 3.63) is 34.4 Å². The summed E-state index contributed by atoms with van der Waals surface area (Å²) in [7, 11) is 0. The van der Waals surface area contributed by atoms with Gasteiger partial charge in [-0.15, -0.1) is 0 Å². The monoisotopic (exact) mass is 267 g/mol. The van der Waals surface area contributed by atoms with Gasteiger partial charge in [-0.1, -0.05) is 17.7 Å². The summed E-state index contributed by atoms with van der Waals surface area (Å²) in [5, 5.41) is 0. The van der Waals surface area contributed by atoms with Crippen molar-refractivity contribution in [3.63, 3.8) is 0 Å². The minimum atomic E-state index is -5.66. The van der Waals surface area contributed by atoms with E-state index in [9.17, 15) is 22.0 Å². The lowest BCUT2D eigenvalue weighted by molar-refractivity contribution is -0.291. The first-order valence-electron chi connectivity index (χ1n) is 5.26. The van der Waals surface area contributed by atoms with Crippen molar-refractivity contribution < 1.29 is 22.0 Å². The van der Waals surface area contributed by atoms with E-state index in [2.05, 4.69) is 0 Å². The van der Waals surface area contributed by atoms with E-state index in [1.807, 2.05) is 0 Å². The Hall–Kier alpha value is -1.17. The zero-order chi connectivity index (χ0) is 14.3. The van der Waals surface area contributed by atoms with Crippen LogP contribution >= 0.6 is 0 Å². The van der Waals surface area contributed by atoms with Crippen molar-refractivity contribution in [1.29, 1.82) is 0 Å². The molecule has 18 heavy (non-hydrogen) atoms. The molecule has 0 saturated carbocycles.